The first-order valence-electron chi connectivity index (χ1n) is 8.60. The van der Waals surface area contributed by atoms with Gasteiger partial charge in [-0.25, -0.2) is 0 Å². The summed E-state index contributed by atoms with van der Waals surface area (Å²) in [5, 5.41) is 1.13. The van der Waals surface area contributed by atoms with Gasteiger partial charge in [0.25, 0.3) is 0 Å². The van der Waals surface area contributed by atoms with Crippen LogP contribution in [0.25, 0.3) is 10.9 Å². The zero-order chi connectivity index (χ0) is 16.7. The molecule has 4 heteroatoms. The van der Waals surface area contributed by atoms with Crippen molar-refractivity contribution < 1.29 is 9.53 Å². The molecule has 0 aliphatic rings. The summed E-state index contributed by atoms with van der Waals surface area (Å²) in [6.45, 7) is 6.43. The highest BCUT2D eigenvalue weighted by molar-refractivity contribution is 5.84. The van der Waals surface area contributed by atoms with E-state index in [0.29, 0.717) is 6.54 Å². The molecule has 1 amide bonds. The number of fused-ring (bicyclic) bond motifs is 1. The Hall–Kier alpha value is -1.97. The van der Waals surface area contributed by atoms with Crippen LogP contribution in [0.15, 0.2) is 30.5 Å². The zero-order valence-corrected chi connectivity index (χ0v) is 14.5. The molecule has 0 atom stereocenters. The Morgan fingerprint density at radius 3 is 2.43 bits per heavy atom. The molecule has 0 unspecified atom stereocenters. The van der Waals surface area contributed by atoms with Crippen molar-refractivity contribution in [2.75, 3.05) is 20.2 Å². The molecule has 1 heterocycles. The lowest BCUT2D eigenvalue weighted by atomic mass is 10.2. The van der Waals surface area contributed by atoms with Crippen LogP contribution >= 0.6 is 0 Å². The van der Waals surface area contributed by atoms with E-state index in [1.54, 1.807) is 7.11 Å². The Balaban J connectivity index is 2.13. The molecule has 0 aliphatic heterocycles. The molecule has 4 nitrogen and oxygen atoms in total. The van der Waals surface area contributed by atoms with Gasteiger partial charge in [0.1, 0.15) is 12.3 Å². The fourth-order valence-corrected chi connectivity index (χ4v) is 2.73. The second-order valence-corrected chi connectivity index (χ2v) is 5.96. The smallest absolute Gasteiger partial charge is 0.242 e. The fraction of sp³-hybridized carbons (Fsp3) is 0.526. The van der Waals surface area contributed by atoms with E-state index in [1.165, 1.54) is 0 Å². The van der Waals surface area contributed by atoms with Gasteiger partial charge < -0.3 is 14.2 Å². The molecule has 0 N–H and O–H groups in total. The number of amides is 1. The van der Waals surface area contributed by atoms with Gasteiger partial charge in [-0.2, -0.15) is 0 Å². The first-order valence-corrected chi connectivity index (χ1v) is 8.60. The standard InChI is InChI=1S/C19H28N2O2/c1-4-6-11-20(12-7-5-2)19(22)15-21-13-10-16-8-9-17(23-3)14-18(16)21/h8-10,13-14H,4-7,11-12,15H2,1-3H3. The van der Waals surface area contributed by atoms with Gasteiger partial charge in [-0.3, -0.25) is 4.79 Å². The third-order valence-corrected chi connectivity index (χ3v) is 4.20. The molecule has 0 saturated heterocycles. The highest BCUT2D eigenvalue weighted by atomic mass is 16.5. The van der Waals surface area contributed by atoms with E-state index in [-0.39, 0.29) is 5.91 Å². The predicted octanol–water partition coefficient (Wildman–Crippen LogP) is 4.08. The van der Waals surface area contributed by atoms with E-state index in [0.717, 1.165) is 55.4 Å². The molecule has 1 aromatic carbocycles. The van der Waals surface area contributed by atoms with E-state index < -0.39 is 0 Å². The van der Waals surface area contributed by atoms with Gasteiger partial charge in [0.15, 0.2) is 0 Å². The Morgan fingerprint density at radius 2 is 1.83 bits per heavy atom. The Morgan fingerprint density at radius 1 is 1.13 bits per heavy atom. The maximum absolute atomic E-state index is 12.7. The van der Waals surface area contributed by atoms with E-state index in [4.69, 9.17) is 4.74 Å². The Labute approximate surface area is 139 Å². The number of hydrogen-bond donors (Lipinski definition) is 0. The van der Waals surface area contributed by atoms with Crippen molar-refractivity contribution in [1.29, 1.82) is 0 Å². The van der Waals surface area contributed by atoms with Crippen molar-refractivity contribution >= 4 is 16.8 Å². The molecule has 2 rings (SSSR count). The second-order valence-electron chi connectivity index (χ2n) is 5.96. The van der Waals surface area contributed by atoms with Gasteiger partial charge in [0.05, 0.1) is 12.6 Å². The topological polar surface area (TPSA) is 34.5 Å². The molecular formula is C19H28N2O2. The highest BCUT2D eigenvalue weighted by Gasteiger charge is 2.14. The Bertz CT molecular complexity index is 625. The lowest BCUT2D eigenvalue weighted by molar-refractivity contribution is -0.131. The molecule has 1 aromatic heterocycles. The van der Waals surface area contributed by atoms with Crippen molar-refractivity contribution in [2.24, 2.45) is 0 Å². The van der Waals surface area contributed by atoms with Crippen LogP contribution in [0.1, 0.15) is 39.5 Å². The molecule has 0 bridgehead atoms. The minimum absolute atomic E-state index is 0.201. The predicted molar refractivity (Wildman–Crippen MR) is 94.9 cm³/mol. The van der Waals surface area contributed by atoms with Gasteiger partial charge in [0, 0.05) is 25.4 Å². The van der Waals surface area contributed by atoms with Crippen LogP contribution in [0.5, 0.6) is 5.75 Å². The normalized spacial score (nSPS) is 10.9. The van der Waals surface area contributed by atoms with Gasteiger partial charge in [-0.05, 0) is 36.4 Å². The summed E-state index contributed by atoms with van der Waals surface area (Å²) in [6, 6.07) is 8.01. The second kappa shape index (κ2) is 8.61. The molecule has 0 radical (unpaired) electrons. The maximum Gasteiger partial charge on any atom is 0.242 e. The molecular weight excluding hydrogens is 288 g/mol. The molecule has 2 aromatic rings. The van der Waals surface area contributed by atoms with Crippen molar-refractivity contribution in [3.8, 4) is 5.75 Å². The van der Waals surface area contributed by atoms with Crippen molar-refractivity contribution in [1.82, 2.24) is 9.47 Å². The summed E-state index contributed by atoms with van der Waals surface area (Å²) >= 11 is 0. The van der Waals surface area contributed by atoms with Crippen LogP contribution in [0.4, 0.5) is 0 Å². The number of hydrogen-bond acceptors (Lipinski definition) is 2. The van der Waals surface area contributed by atoms with Crippen molar-refractivity contribution in [3.05, 3.63) is 30.5 Å². The van der Waals surface area contributed by atoms with Gasteiger partial charge in [-0.15, -0.1) is 0 Å². The molecule has 23 heavy (non-hydrogen) atoms. The van der Waals surface area contributed by atoms with Crippen LogP contribution in [0.3, 0.4) is 0 Å². The number of unbranched alkanes of at least 4 members (excludes halogenated alkanes) is 2. The summed E-state index contributed by atoms with van der Waals surface area (Å²) in [5.74, 6) is 1.02. The molecule has 0 aliphatic carbocycles. The number of rotatable bonds is 9. The first-order chi connectivity index (χ1) is 11.2. The number of nitrogens with zero attached hydrogens (tertiary/aromatic N) is 2. The lowest BCUT2D eigenvalue weighted by Crippen LogP contribution is -2.35. The van der Waals surface area contributed by atoms with Crippen LogP contribution in [0, 0.1) is 0 Å². The molecule has 0 spiro atoms. The average molecular weight is 316 g/mol. The van der Waals surface area contributed by atoms with Gasteiger partial charge in [-0.1, -0.05) is 26.7 Å². The van der Waals surface area contributed by atoms with Crippen LogP contribution < -0.4 is 4.74 Å². The van der Waals surface area contributed by atoms with E-state index in [9.17, 15) is 4.79 Å². The van der Waals surface area contributed by atoms with Crippen LogP contribution in [0.2, 0.25) is 0 Å². The maximum atomic E-state index is 12.7. The average Bonchev–Trinajstić information content (AvgIpc) is 2.97. The third kappa shape index (κ3) is 4.50. The van der Waals surface area contributed by atoms with Crippen molar-refractivity contribution in [2.45, 2.75) is 46.1 Å². The quantitative estimate of drug-likeness (QED) is 0.698. The van der Waals surface area contributed by atoms with Gasteiger partial charge in [0.2, 0.25) is 5.91 Å². The number of ether oxygens (including phenoxy) is 1. The SMILES string of the molecule is CCCCN(CCCC)C(=O)Cn1ccc2ccc(OC)cc21. The molecule has 0 saturated carbocycles. The first kappa shape index (κ1) is 17.4. The summed E-state index contributed by atoms with van der Waals surface area (Å²) in [7, 11) is 1.66. The van der Waals surface area contributed by atoms with Crippen LogP contribution in [-0.2, 0) is 11.3 Å². The van der Waals surface area contributed by atoms with E-state index in [1.807, 2.05) is 39.9 Å². The Kier molecular flexibility index (Phi) is 6.51. The minimum atomic E-state index is 0.201. The number of benzene rings is 1. The van der Waals surface area contributed by atoms with E-state index in [2.05, 4.69) is 13.8 Å². The monoisotopic (exact) mass is 316 g/mol. The summed E-state index contributed by atoms with van der Waals surface area (Å²) in [4.78, 5) is 14.7. The van der Waals surface area contributed by atoms with Gasteiger partial charge >= 0.3 is 0 Å². The highest BCUT2D eigenvalue weighted by Crippen LogP contribution is 2.22. The van der Waals surface area contributed by atoms with Crippen molar-refractivity contribution in [3.63, 3.8) is 0 Å². The third-order valence-electron chi connectivity index (χ3n) is 4.20. The number of methoxy groups -OCH3 is 1. The summed E-state index contributed by atoms with van der Waals surface area (Å²) in [6.07, 6.45) is 6.34. The molecule has 126 valence electrons. The summed E-state index contributed by atoms with van der Waals surface area (Å²) in [5.41, 5.74) is 1.05. The number of aromatic nitrogens is 1. The number of carbonyl (C=O) groups is 1. The largest absolute Gasteiger partial charge is 0.497 e. The van der Waals surface area contributed by atoms with E-state index >= 15 is 0 Å². The minimum Gasteiger partial charge on any atom is -0.497 e. The fourth-order valence-electron chi connectivity index (χ4n) is 2.73. The molecule has 0 fully saturated rings. The van der Waals surface area contributed by atoms with Crippen LogP contribution in [-0.4, -0.2) is 35.6 Å². The number of carbonyl (C=O) groups excluding carboxylic acids is 1. The summed E-state index contributed by atoms with van der Waals surface area (Å²) < 4.78 is 7.32. The lowest BCUT2D eigenvalue weighted by Gasteiger charge is -2.23. The zero-order valence-electron chi connectivity index (χ0n) is 14.5.